The van der Waals surface area contributed by atoms with Crippen LogP contribution in [0, 0.1) is 0 Å². The summed E-state index contributed by atoms with van der Waals surface area (Å²) in [5.41, 5.74) is 0. The number of rotatable bonds is 5. The predicted molar refractivity (Wildman–Crippen MR) is 59.2 cm³/mol. The van der Waals surface area contributed by atoms with Crippen LogP contribution in [0.15, 0.2) is 0 Å². The molecule has 1 rings (SSSR count). The van der Waals surface area contributed by atoms with Crippen LogP contribution in [0.1, 0.15) is 13.3 Å². The molecule has 1 saturated heterocycles. The van der Waals surface area contributed by atoms with Gasteiger partial charge in [0.1, 0.15) is 0 Å². The fourth-order valence-corrected chi connectivity index (χ4v) is 1.72. The van der Waals surface area contributed by atoms with E-state index in [9.17, 15) is 9.59 Å². The quantitative estimate of drug-likeness (QED) is 0.520. The molecular formula is C10H19N3O3. The third-order valence-electron chi connectivity index (χ3n) is 2.55. The van der Waals surface area contributed by atoms with Crippen LogP contribution in [0.4, 0.5) is 0 Å². The van der Waals surface area contributed by atoms with Crippen molar-refractivity contribution in [3.63, 3.8) is 0 Å². The van der Waals surface area contributed by atoms with Gasteiger partial charge in [0, 0.05) is 32.7 Å². The molecule has 6 nitrogen and oxygen atoms in total. The number of carbonyl (C=O) groups is 2. The van der Waals surface area contributed by atoms with Gasteiger partial charge in [-0.15, -0.1) is 0 Å². The number of carboxylic acids is 1. The number of nitrogens with zero attached hydrogens (tertiary/aromatic N) is 1. The molecule has 3 N–H and O–H groups in total. The number of piperazine rings is 1. The second kappa shape index (κ2) is 6.44. The Morgan fingerprint density at radius 1 is 1.44 bits per heavy atom. The van der Waals surface area contributed by atoms with E-state index in [1.54, 1.807) is 4.90 Å². The lowest BCUT2D eigenvalue weighted by atomic mass is 10.2. The molecule has 16 heavy (non-hydrogen) atoms. The summed E-state index contributed by atoms with van der Waals surface area (Å²) in [6, 6.07) is -1.05. The van der Waals surface area contributed by atoms with Crippen LogP contribution >= 0.6 is 0 Å². The van der Waals surface area contributed by atoms with Gasteiger partial charge in [0.05, 0.1) is 0 Å². The molecule has 1 amide bonds. The zero-order chi connectivity index (χ0) is 12.0. The summed E-state index contributed by atoms with van der Waals surface area (Å²) in [6.45, 7) is 5.10. The number of hydrogen-bond donors (Lipinski definition) is 3. The lowest BCUT2D eigenvalue weighted by Crippen LogP contribution is -2.57. The Hall–Kier alpha value is -1.14. The third-order valence-corrected chi connectivity index (χ3v) is 2.55. The highest BCUT2D eigenvalue weighted by atomic mass is 16.4. The molecule has 1 aliphatic heterocycles. The Bertz CT molecular complexity index is 252. The molecule has 6 heteroatoms. The molecule has 0 aromatic rings. The summed E-state index contributed by atoms with van der Waals surface area (Å²) in [7, 11) is 0. The molecule has 1 aliphatic rings. The molecule has 0 spiro atoms. The van der Waals surface area contributed by atoms with E-state index in [-0.39, 0.29) is 0 Å². The Balaban J connectivity index is 2.58. The van der Waals surface area contributed by atoms with E-state index in [0.717, 1.165) is 19.5 Å². The van der Waals surface area contributed by atoms with Gasteiger partial charge in [0.2, 0.25) is 5.91 Å². The van der Waals surface area contributed by atoms with Gasteiger partial charge >= 0.3 is 5.97 Å². The van der Waals surface area contributed by atoms with Crippen LogP contribution in [0.2, 0.25) is 0 Å². The average Bonchev–Trinajstić information content (AvgIpc) is 2.27. The molecule has 1 unspecified atom stereocenters. The van der Waals surface area contributed by atoms with Crippen molar-refractivity contribution in [2.45, 2.75) is 19.4 Å². The van der Waals surface area contributed by atoms with Crippen LogP contribution in [-0.4, -0.2) is 60.6 Å². The summed E-state index contributed by atoms with van der Waals surface area (Å²) >= 11 is 0. The first-order valence-corrected chi connectivity index (χ1v) is 5.62. The average molecular weight is 229 g/mol. The van der Waals surface area contributed by atoms with Gasteiger partial charge in [0.15, 0.2) is 6.04 Å². The minimum atomic E-state index is -1.07. The maximum atomic E-state index is 11.7. The smallest absolute Gasteiger partial charge is 0.330 e. The van der Waals surface area contributed by atoms with Crippen molar-refractivity contribution in [2.75, 3.05) is 32.7 Å². The Morgan fingerprint density at radius 2 is 2.06 bits per heavy atom. The molecule has 0 aromatic heterocycles. The van der Waals surface area contributed by atoms with Crippen LogP contribution in [0.3, 0.4) is 0 Å². The molecule has 1 fully saturated rings. The van der Waals surface area contributed by atoms with Gasteiger partial charge in [-0.2, -0.15) is 0 Å². The standard InChI is InChI=1S/C10H19N3O3/c1-2-3-12-9(14)8(10(15)16)13-6-4-11-5-7-13/h8,11H,2-7H2,1H3,(H,12,14)(H,15,16). The molecule has 1 atom stereocenters. The lowest BCUT2D eigenvalue weighted by Gasteiger charge is -2.31. The van der Waals surface area contributed by atoms with Gasteiger partial charge < -0.3 is 15.7 Å². The molecule has 92 valence electrons. The minimum absolute atomic E-state index is 0.406. The summed E-state index contributed by atoms with van der Waals surface area (Å²) < 4.78 is 0. The van der Waals surface area contributed by atoms with Crippen LogP contribution < -0.4 is 10.6 Å². The molecular weight excluding hydrogens is 210 g/mol. The molecule has 1 heterocycles. The van der Waals surface area contributed by atoms with Gasteiger partial charge in [-0.05, 0) is 6.42 Å². The summed E-state index contributed by atoms with van der Waals surface area (Å²) in [6.07, 6.45) is 0.805. The highest BCUT2D eigenvalue weighted by Gasteiger charge is 2.32. The first-order valence-electron chi connectivity index (χ1n) is 5.62. The summed E-state index contributed by atoms with van der Waals surface area (Å²) in [5, 5.41) is 14.8. The van der Waals surface area contributed by atoms with Crippen molar-refractivity contribution in [2.24, 2.45) is 0 Å². The molecule has 0 bridgehead atoms. The zero-order valence-electron chi connectivity index (χ0n) is 9.53. The number of aliphatic carboxylic acids is 1. The number of carboxylic acid groups (broad SMARTS) is 1. The molecule has 0 saturated carbocycles. The van der Waals surface area contributed by atoms with Crippen molar-refractivity contribution >= 4 is 11.9 Å². The van der Waals surface area contributed by atoms with Crippen LogP contribution in [-0.2, 0) is 9.59 Å². The van der Waals surface area contributed by atoms with E-state index in [2.05, 4.69) is 10.6 Å². The summed E-state index contributed by atoms with van der Waals surface area (Å²) in [4.78, 5) is 24.5. The fourth-order valence-electron chi connectivity index (χ4n) is 1.72. The van der Waals surface area contributed by atoms with E-state index < -0.39 is 17.9 Å². The highest BCUT2D eigenvalue weighted by molar-refractivity contribution is 6.01. The van der Waals surface area contributed by atoms with E-state index in [1.807, 2.05) is 6.92 Å². The second-order valence-electron chi connectivity index (χ2n) is 3.82. The SMILES string of the molecule is CCCNC(=O)C(C(=O)O)N1CCNCC1. The van der Waals surface area contributed by atoms with Crippen molar-refractivity contribution in [1.29, 1.82) is 0 Å². The first-order chi connectivity index (χ1) is 7.66. The van der Waals surface area contributed by atoms with Crippen molar-refractivity contribution in [3.8, 4) is 0 Å². The van der Waals surface area contributed by atoms with Crippen LogP contribution in [0.5, 0.6) is 0 Å². The van der Waals surface area contributed by atoms with E-state index >= 15 is 0 Å². The zero-order valence-corrected chi connectivity index (χ0v) is 9.53. The molecule has 0 aromatic carbocycles. The number of carbonyl (C=O) groups excluding carboxylic acids is 1. The monoisotopic (exact) mass is 229 g/mol. The topological polar surface area (TPSA) is 81.7 Å². The van der Waals surface area contributed by atoms with Gasteiger partial charge in [-0.1, -0.05) is 6.92 Å². The van der Waals surface area contributed by atoms with Crippen molar-refractivity contribution < 1.29 is 14.7 Å². The van der Waals surface area contributed by atoms with E-state index in [4.69, 9.17) is 5.11 Å². The predicted octanol–water partition coefficient (Wildman–Crippen LogP) is -1.13. The highest BCUT2D eigenvalue weighted by Crippen LogP contribution is 2.02. The number of amides is 1. The maximum absolute atomic E-state index is 11.7. The summed E-state index contributed by atoms with van der Waals surface area (Å²) in [5.74, 6) is -1.48. The Kier molecular flexibility index (Phi) is 5.21. The maximum Gasteiger partial charge on any atom is 0.330 e. The van der Waals surface area contributed by atoms with E-state index in [1.165, 1.54) is 0 Å². The van der Waals surface area contributed by atoms with Gasteiger partial charge in [-0.3, -0.25) is 9.69 Å². The van der Waals surface area contributed by atoms with Gasteiger partial charge in [-0.25, -0.2) is 4.79 Å². The Labute approximate surface area is 95.0 Å². The first kappa shape index (κ1) is 12.9. The Morgan fingerprint density at radius 3 is 2.56 bits per heavy atom. The van der Waals surface area contributed by atoms with Crippen LogP contribution in [0.25, 0.3) is 0 Å². The molecule has 0 radical (unpaired) electrons. The second-order valence-corrected chi connectivity index (χ2v) is 3.82. The largest absolute Gasteiger partial charge is 0.480 e. The normalized spacial score (nSPS) is 19.1. The number of nitrogens with one attached hydrogen (secondary N) is 2. The minimum Gasteiger partial charge on any atom is -0.480 e. The number of hydrogen-bond acceptors (Lipinski definition) is 4. The molecule has 0 aliphatic carbocycles. The third kappa shape index (κ3) is 3.46. The van der Waals surface area contributed by atoms with Crippen molar-refractivity contribution in [1.82, 2.24) is 15.5 Å². The fraction of sp³-hybridized carbons (Fsp3) is 0.800. The van der Waals surface area contributed by atoms with Crippen molar-refractivity contribution in [3.05, 3.63) is 0 Å². The lowest BCUT2D eigenvalue weighted by molar-refractivity contribution is -0.149. The van der Waals surface area contributed by atoms with E-state index in [0.29, 0.717) is 19.6 Å². The van der Waals surface area contributed by atoms with Gasteiger partial charge in [0.25, 0.3) is 0 Å².